The van der Waals surface area contributed by atoms with E-state index in [-0.39, 0.29) is 0 Å². The fraction of sp³-hybridized carbons (Fsp3) is 0.727. The van der Waals surface area contributed by atoms with Gasteiger partial charge in [0.2, 0.25) is 0 Å². The third kappa shape index (κ3) is 3.18. The molecule has 3 nitrogen and oxygen atoms in total. The maximum absolute atomic E-state index is 5.31. The summed E-state index contributed by atoms with van der Waals surface area (Å²) in [6, 6.07) is 0.442. The smallest absolute Gasteiger partial charge is 0.177 e. The van der Waals surface area contributed by atoms with Crippen LogP contribution in [-0.2, 0) is 0 Å². The van der Waals surface area contributed by atoms with E-state index in [1.54, 1.807) is 0 Å². The van der Waals surface area contributed by atoms with Crippen LogP contribution in [0.4, 0.5) is 0 Å². The largest absolute Gasteiger partial charge is 0.335 e. The topological polar surface area (TPSA) is 24.0 Å². The molecule has 1 unspecified atom stereocenters. The number of rotatable bonds is 4. The number of aromatic amines is 1. The van der Waals surface area contributed by atoms with Gasteiger partial charge in [-0.2, -0.15) is 0 Å². The Labute approximate surface area is 97.1 Å². The van der Waals surface area contributed by atoms with Gasteiger partial charge in [0.05, 0.1) is 6.04 Å². The van der Waals surface area contributed by atoms with Gasteiger partial charge in [-0.1, -0.05) is 13.8 Å². The highest BCUT2D eigenvalue weighted by molar-refractivity contribution is 7.71. The van der Waals surface area contributed by atoms with Crippen molar-refractivity contribution in [3.8, 4) is 0 Å². The van der Waals surface area contributed by atoms with Crippen molar-refractivity contribution in [3.63, 3.8) is 0 Å². The van der Waals surface area contributed by atoms with E-state index in [0.717, 1.165) is 17.0 Å². The molecule has 1 aromatic heterocycles. The highest BCUT2D eigenvalue weighted by Gasteiger charge is 2.17. The van der Waals surface area contributed by atoms with Gasteiger partial charge in [-0.3, -0.25) is 0 Å². The molecule has 0 saturated carbocycles. The summed E-state index contributed by atoms with van der Waals surface area (Å²) < 4.78 is 3.00. The second-order valence-electron chi connectivity index (χ2n) is 4.72. The molecule has 1 heterocycles. The van der Waals surface area contributed by atoms with Crippen LogP contribution in [0.15, 0.2) is 6.20 Å². The fourth-order valence-corrected chi connectivity index (χ4v) is 2.12. The number of aromatic nitrogens is 2. The number of imidazole rings is 1. The van der Waals surface area contributed by atoms with E-state index >= 15 is 0 Å². The Morgan fingerprint density at radius 1 is 1.47 bits per heavy atom. The van der Waals surface area contributed by atoms with Gasteiger partial charge in [0.25, 0.3) is 0 Å². The molecule has 0 radical (unpaired) electrons. The van der Waals surface area contributed by atoms with Crippen LogP contribution in [0, 0.1) is 17.6 Å². The Morgan fingerprint density at radius 2 is 2.07 bits per heavy atom. The lowest BCUT2D eigenvalue weighted by atomic mass is 10.0. The average Bonchev–Trinajstić information content (AvgIpc) is 2.40. The second-order valence-corrected chi connectivity index (χ2v) is 5.11. The van der Waals surface area contributed by atoms with Crippen LogP contribution in [0.1, 0.15) is 25.6 Å². The van der Waals surface area contributed by atoms with Crippen LogP contribution in [0.2, 0.25) is 0 Å². The summed E-state index contributed by atoms with van der Waals surface area (Å²) in [4.78, 5) is 5.38. The number of likely N-dealkylation sites (N-methyl/N-ethyl adjacent to an activating group) is 1. The highest BCUT2D eigenvalue weighted by atomic mass is 32.1. The van der Waals surface area contributed by atoms with Gasteiger partial charge in [-0.15, -0.1) is 0 Å². The Kier molecular flexibility index (Phi) is 4.11. The van der Waals surface area contributed by atoms with Gasteiger partial charge in [0.15, 0.2) is 4.77 Å². The number of nitrogens with one attached hydrogen (secondary N) is 1. The van der Waals surface area contributed by atoms with E-state index < -0.39 is 0 Å². The van der Waals surface area contributed by atoms with Gasteiger partial charge >= 0.3 is 0 Å². The minimum atomic E-state index is 0.442. The van der Waals surface area contributed by atoms with Gasteiger partial charge in [-0.05, 0) is 39.2 Å². The van der Waals surface area contributed by atoms with Crippen molar-refractivity contribution >= 4 is 12.2 Å². The Balaban J connectivity index is 2.99. The zero-order valence-electron chi connectivity index (χ0n) is 10.2. The van der Waals surface area contributed by atoms with Gasteiger partial charge in [0.1, 0.15) is 0 Å². The highest BCUT2D eigenvalue weighted by Crippen LogP contribution is 2.19. The minimum Gasteiger partial charge on any atom is -0.335 e. The van der Waals surface area contributed by atoms with E-state index in [1.165, 1.54) is 0 Å². The first-order valence-electron chi connectivity index (χ1n) is 5.34. The second kappa shape index (κ2) is 4.94. The van der Waals surface area contributed by atoms with E-state index in [9.17, 15) is 0 Å². The van der Waals surface area contributed by atoms with Crippen molar-refractivity contribution in [2.75, 3.05) is 20.6 Å². The maximum Gasteiger partial charge on any atom is 0.177 e. The minimum absolute atomic E-state index is 0.442. The lowest BCUT2D eigenvalue weighted by molar-refractivity contribution is 0.267. The predicted molar refractivity (Wildman–Crippen MR) is 66.8 cm³/mol. The molecule has 1 atom stereocenters. The van der Waals surface area contributed by atoms with Crippen LogP contribution >= 0.6 is 12.2 Å². The maximum atomic E-state index is 5.31. The Morgan fingerprint density at radius 3 is 2.40 bits per heavy atom. The van der Waals surface area contributed by atoms with Gasteiger partial charge in [-0.25, -0.2) is 0 Å². The molecule has 1 rings (SSSR count). The van der Waals surface area contributed by atoms with Crippen molar-refractivity contribution in [2.24, 2.45) is 5.92 Å². The van der Waals surface area contributed by atoms with Crippen LogP contribution in [-0.4, -0.2) is 35.1 Å². The predicted octanol–water partition coefficient (Wildman–Crippen LogP) is 2.61. The third-order valence-electron chi connectivity index (χ3n) is 2.55. The molecule has 1 N–H and O–H groups in total. The molecular weight excluding hydrogens is 206 g/mol. The lowest BCUT2D eigenvalue weighted by Crippen LogP contribution is -2.27. The zero-order chi connectivity index (χ0) is 11.6. The van der Waals surface area contributed by atoms with Crippen molar-refractivity contribution in [1.29, 1.82) is 0 Å². The first kappa shape index (κ1) is 12.5. The van der Waals surface area contributed by atoms with Crippen molar-refractivity contribution < 1.29 is 0 Å². The lowest BCUT2D eigenvalue weighted by Gasteiger charge is -2.25. The molecule has 0 bridgehead atoms. The molecule has 0 spiro atoms. The van der Waals surface area contributed by atoms with E-state index in [2.05, 4.69) is 48.6 Å². The van der Waals surface area contributed by atoms with Crippen LogP contribution in [0.3, 0.4) is 0 Å². The average molecular weight is 227 g/mol. The van der Waals surface area contributed by atoms with Crippen molar-refractivity contribution in [3.05, 3.63) is 16.7 Å². The SMILES string of the molecule is Cc1cn(C(CN(C)C)C(C)C)c(=S)[nH]1. The summed E-state index contributed by atoms with van der Waals surface area (Å²) in [6.07, 6.45) is 2.11. The zero-order valence-corrected chi connectivity index (χ0v) is 11.1. The summed E-state index contributed by atoms with van der Waals surface area (Å²) in [5.41, 5.74) is 1.13. The monoisotopic (exact) mass is 227 g/mol. The van der Waals surface area contributed by atoms with Crippen molar-refractivity contribution in [2.45, 2.75) is 26.8 Å². The molecule has 0 aromatic carbocycles. The molecule has 4 heteroatoms. The van der Waals surface area contributed by atoms with Crippen LogP contribution in [0.25, 0.3) is 0 Å². The van der Waals surface area contributed by atoms with Gasteiger partial charge < -0.3 is 14.5 Å². The Hall–Kier alpha value is -0.610. The van der Waals surface area contributed by atoms with E-state index in [0.29, 0.717) is 12.0 Å². The summed E-state index contributed by atoms with van der Waals surface area (Å²) in [6.45, 7) is 7.53. The molecule has 86 valence electrons. The fourth-order valence-electron chi connectivity index (χ4n) is 1.77. The summed E-state index contributed by atoms with van der Waals surface area (Å²) in [7, 11) is 4.19. The standard InChI is InChI=1S/C11H21N3S/c1-8(2)10(7-13(4)5)14-6-9(3)12-11(14)15/h6,8,10H,7H2,1-5H3,(H,12,15). The molecule has 0 amide bonds. The number of aryl methyl sites for hydroxylation is 1. The van der Waals surface area contributed by atoms with Crippen molar-refractivity contribution in [1.82, 2.24) is 14.5 Å². The Bertz CT molecular complexity index is 362. The summed E-state index contributed by atoms with van der Waals surface area (Å²) >= 11 is 5.31. The molecule has 1 aromatic rings. The molecular formula is C11H21N3S. The molecule has 0 aliphatic carbocycles. The quantitative estimate of drug-likeness (QED) is 0.799. The first-order valence-corrected chi connectivity index (χ1v) is 5.75. The normalized spacial score (nSPS) is 13.8. The van der Waals surface area contributed by atoms with Crippen LogP contribution < -0.4 is 0 Å². The van der Waals surface area contributed by atoms with Gasteiger partial charge in [0, 0.05) is 18.4 Å². The number of nitrogens with zero attached hydrogens (tertiary/aromatic N) is 2. The van der Waals surface area contributed by atoms with Crippen LogP contribution in [0.5, 0.6) is 0 Å². The first-order chi connectivity index (χ1) is 6.91. The number of hydrogen-bond donors (Lipinski definition) is 1. The molecule has 0 fully saturated rings. The summed E-state index contributed by atoms with van der Waals surface area (Å²) in [5.74, 6) is 0.578. The van der Waals surface area contributed by atoms with E-state index in [1.807, 2.05) is 6.92 Å². The molecule has 0 saturated heterocycles. The summed E-state index contributed by atoms with van der Waals surface area (Å²) in [5, 5.41) is 0. The third-order valence-corrected chi connectivity index (χ3v) is 2.86. The molecule has 0 aliphatic heterocycles. The number of hydrogen-bond acceptors (Lipinski definition) is 2. The molecule has 0 aliphatic rings. The van der Waals surface area contributed by atoms with E-state index in [4.69, 9.17) is 12.2 Å². The number of H-pyrrole nitrogens is 1. The molecule has 15 heavy (non-hydrogen) atoms.